The van der Waals surface area contributed by atoms with Crippen molar-refractivity contribution in [1.29, 1.82) is 0 Å². The molecule has 1 amide bonds. The summed E-state index contributed by atoms with van der Waals surface area (Å²) in [6.07, 6.45) is 0. The van der Waals surface area contributed by atoms with Crippen LogP contribution < -0.4 is 9.47 Å². The van der Waals surface area contributed by atoms with E-state index in [2.05, 4.69) is 0 Å². The van der Waals surface area contributed by atoms with Crippen molar-refractivity contribution in [3.8, 4) is 11.5 Å². The number of nitrogens with zero attached hydrogens (tertiary/aromatic N) is 1. The summed E-state index contributed by atoms with van der Waals surface area (Å²) in [7, 11) is 3.07. The largest absolute Gasteiger partial charge is 0.493 e. The van der Waals surface area contributed by atoms with E-state index in [9.17, 15) is 14.7 Å². The maximum atomic E-state index is 12.8. The van der Waals surface area contributed by atoms with Crippen LogP contribution in [0.5, 0.6) is 11.5 Å². The molecule has 1 aromatic heterocycles. The first-order valence-electron chi connectivity index (χ1n) is 8.25. The smallest absolute Gasteiger partial charge is 0.308 e. The molecule has 1 aliphatic rings. The van der Waals surface area contributed by atoms with Crippen LogP contribution in [-0.2, 0) is 4.79 Å². The Bertz CT molecular complexity index is 831. The lowest BCUT2D eigenvalue weighted by Gasteiger charge is -2.20. The van der Waals surface area contributed by atoms with Gasteiger partial charge in [0.2, 0.25) is 0 Å². The SMILES string of the molecule is COc1cccc([C@@H]2CN(C(=O)c3ccc(C)s3)C[C@H]2C(=O)O)c1OC. The number of carbonyl (C=O) groups excluding carboxylic acids is 1. The molecule has 0 unspecified atom stereocenters. The number of para-hydroxylation sites is 1. The lowest BCUT2D eigenvalue weighted by atomic mass is 9.88. The number of thiophene rings is 1. The van der Waals surface area contributed by atoms with Crippen molar-refractivity contribution in [3.05, 3.63) is 45.6 Å². The van der Waals surface area contributed by atoms with Gasteiger partial charge >= 0.3 is 5.97 Å². The maximum absolute atomic E-state index is 12.8. The Morgan fingerprint density at radius 3 is 2.50 bits per heavy atom. The number of carbonyl (C=O) groups is 2. The van der Waals surface area contributed by atoms with Crippen LogP contribution in [0.15, 0.2) is 30.3 Å². The molecule has 1 fully saturated rings. The summed E-state index contributed by atoms with van der Waals surface area (Å²) in [5, 5.41) is 9.70. The van der Waals surface area contributed by atoms with Crippen molar-refractivity contribution in [2.75, 3.05) is 27.3 Å². The fraction of sp³-hybridized carbons (Fsp3) is 0.368. The molecule has 138 valence electrons. The third-order valence-electron chi connectivity index (χ3n) is 4.71. The summed E-state index contributed by atoms with van der Waals surface area (Å²) in [5.41, 5.74) is 0.747. The van der Waals surface area contributed by atoms with Crippen LogP contribution >= 0.6 is 11.3 Å². The minimum atomic E-state index is -0.919. The number of carboxylic acid groups (broad SMARTS) is 1. The number of likely N-dealkylation sites (tertiary alicyclic amines) is 1. The first kappa shape index (κ1) is 18.3. The van der Waals surface area contributed by atoms with Gasteiger partial charge in [0.05, 0.1) is 25.0 Å². The van der Waals surface area contributed by atoms with Crippen LogP contribution in [0.2, 0.25) is 0 Å². The number of aliphatic carboxylic acids is 1. The molecular weight excluding hydrogens is 354 g/mol. The van der Waals surface area contributed by atoms with Crippen molar-refractivity contribution >= 4 is 23.2 Å². The second kappa shape index (κ2) is 7.37. The van der Waals surface area contributed by atoms with Gasteiger partial charge in [-0.05, 0) is 25.1 Å². The molecule has 1 aliphatic heterocycles. The average Bonchev–Trinajstić information content (AvgIpc) is 3.27. The van der Waals surface area contributed by atoms with Gasteiger partial charge in [-0.1, -0.05) is 12.1 Å². The molecule has 2 heterocycles. The van der Waals surface area contributed by atoms with Gasteiger partial charge < -0.3 is 19.5 Å². The molecule has 1 saturated heterocycles. The van der Waals surface area contributed by atoms with Gasteiger partial charge in [0.25, 0.3) is 5.91 Å². The van der Waals surface area contributed by atoms with Gasteiger partial charge in [0, 0.05) is 29.4 Å². The molecule has 7 heteroatoms. The highest BCUT2D eigenvalue weighted by Crippen LogP contribution is 2.42. The minimum Gasteiger partial charge on any atom is -0.493 e. The number of benzene rings is 1. The summed E-state index contributed by atoms with van der Waals surface area (Å²) in [5.74, 6) is -1.03. The average molecular weight is 375 g/mol. The molecular formula is C19H21NO5S. The van der Waals surface area contributed by atoms with Crippen molar-refractivity contribution in [1.82, 2.24) is 4.90 Å². The van der Waals surface area contributed by atoms with Gasteiger partial charge in [-0.2, -0.15) is 0 Å². The van der Waals surface area contributed by atoms with Crippen molar-refractivity contribution in [3.63, 3.8) is 0 Å². The zero-order valence-corrected chi connectivity index (χ0v) is 15.7. The summed E-state index contributed by atoms with van der Waals surface area (Å²) in [6.45, 7) is 2.45. The van der Waals surface area contributed by atoms with Gasteiger partial charge in [-0.15, -0.1) is 11.3 Å². The summed E-state index contributed by atoms with van der Waals surface area (Å²) in [6, 6.07) is 9.10. The normalized spacial score (nSPS) is 19.4. The minimum absolute atomic E-state index is 0.126. The Hall–Kier alpha value is -2.54. The summed E-state index contributed by atoms with van der Waals surface area (Å²) >= 11 is 1.42. The highest BCUT2D eigenvalue weighted by molar-refractivity contribution is 7.13. The Morgan fingerprint density at radius 2 is 1.92 bits per heavy atom. The van der Waals surface area contributed by atoms with Crippen molar-refractivity contribution < 1.29 is 24.2 Å². The molecule has 0 aliphatic carbocycles. The zero-order valence-electron chi connectivity index (χ0n) is 14.9. The summed E-state index contributed by atoms with van der Waals surface area (Å²) in [4.78, 5) is 27.9. The van der Waals surface area contributed by atoms with E-state index in [-0.39, 0.29) is 18.4 Å². The van der Waals surface area contributed by atoms with E-state index in [0.29, 0.717) is 22.9 Å². The Labute approximate surface area is 156 Å². The molecule has 1 aromatic carbocycles. The van der Waals surface area contributed by atoms with Crippen LogP contribution in [0.4, 0.5) is 0 Å². The zero-order chi connectivity index (χ0) is 18.8. The number of methoxy groups -OCH3 is 2. The molecule has 0 radical (unpaired) electrons. The van der Waals surface area contributed by atoms with E-state index >= 15 is 0 Å². The predicted octanol–water partition coefficient (Wildman–Crippen LogP) is 3.01. The van der Waals surface area contributed by atoms with Gasteiger partial charge in [-0.25, -0.2) is 0 Å². The van der Waals surface area contributed by atoms with Crippen LogP contribution in [-0.4, -0.2) is 49.2 Å². The van der Waals surface area contributed by atoms with Crippen LogP contribution in [0.1, 0.15) is 26.0 Å². The van der Waals surface area contributed by atoms with Crippen molar-refractivity contribution in [2.24, 2.45) is 5.92 Å². The van der Waals surface area contributed by atoms with Crippen LogP contribution in [0, 0.1) is 12.8 Å². The van der Waals surface area contributed by atoms with Gasteiger partial charge in [0.1, 0.15) is 0 Å². The lowest BCUT2D eigenvalue weighted by Crippen LogP contribution is -2.29. The Morgan fingerprint density at radius 1 is 1.15 bits per heavy atom. The van der Waals surface area contributed by atoms with E-state index < -0.39 is 11.9 Å². The van der Waals surface area contributed by atoms with E-state index in [4.69, 9.17) is 9.47 Å². The van der Waals surface area contributed by atoms with E-state index in [1.807, 2.05) is 25.1 Å². The molecule has 3 rings (SSSR count). The molecule has 2 atom stereocenters. The predicted molar refractivity (Wildman–Crippen MR) is 98.4 cm³/mol. The number of ether oxygens (including phenoxy) is 2. The summed E-state index contributed by atoms with van der Waals surface area (Å²) < 4.78 is 10.8. The molecule has 0 bridgehead atoms. The molecule has 0 saturated carbocycles. The van der Waals surface area contributed by atoms with Gasteiger partial charge in [-0.3, -0.25) is 9.59 Å². The fourth-order valence-electron chi connectivity index (χ4n) is 3.44. The molecule has 6 nitrogen and oxygen atoms in total. The Balaban J connectivity index is 1.94. The van der Waals surface area contributed by atoms with Gasteiger partial charge in [0.15, 0.2) is 11.5 Å². The van der Waals surface area contributed by atoms with Crippen molar-refractivity contribution in [2.45, 2.75) is 12.8 Å². The maximum Gasteiger partial charge on any atom is 0.308 e. The third-order valence-corrected chi connectivity index (χ3v) is 5.70. The monoisotopic (exact) mass is 375 g/mol. The molecule has 0 spiro atoms. The second-order valence-electron chi connectivity index (χ2n) is 6.25. The Kier molecular flexibility index (Phi) is 5.18. The number of aryl methyl sites for hydroxylation is 1. The number of hydrogen-bond donors (Lipinski definition) is 1. The molecule has 26 heavy (non-hydrogen) atoms. The van der Waals surface area contributed by atoms with Crippen LogP contribution in [0.3, 0.4) is 0 Å². The second-order valence-corrected chi connectivity index (χ2v) is 7.54. The molecule has 1 N–H and O–H groups in total. The standard InChI is InChI=1S/C19H21NO5S/c1-11-7-8-16(26-11)18(21)20-9-13(14(10-20)19(22)23)12-5-4-6-15(24-2)17(12)25-3/h4-8,13-14H,9-10H2,1-3H3,(H,22,23)/t13-,14+/m0/s1. The first-order chi connectivity index (χ1) is 12.5. The fourth-order valence-corrected chi connectivity index (χ4v) is 4.28. The molecule has 2 aromatic rings. The van der Waals surface area contributed by atoms with E-state index in [0.717, 1.165) is 10.4 Å². The van der Waals surface area contributed by atoms with Crippen LogP contribution in [0.25, 0.3) is 0 Å². The topological polar surface area (TPSA) is 76.1 Å². The number of carboxylic acids is 1. The number of hydrogen-bond acceptors (Lipinski definition) is 5. The first-order valence-corrected chi connectivity index (χ1v) is 9.07. The quantitative estimate of drug-likeness (QED) is 0.869. The highest BCUT2D eigenvalue weighted by atomic mass is 32.1. The van der Waals surface area contributed by atoms with E-state index in [1.165, 1.54) is 18.4 Å². The number of amides is 1. The highest BCUT2D eigenvalue weighted by Gasteiger charge is 2.42. The lowest BCUT2D eigenvalue weighted by molar-refractivity contribution is -0.141. The third kappa shape index (κ3) is 3.26. The number of rotatable bonds is 5. The van der Waals surface area contributed by atoms with E-state index in [1.54, 1.807) is 24.1 Å².